The van der Waals surface area contributed by atoms with Crippen LogP contribution in [0.5, 0.6) is 0 Å². The van der Waals surface area contributed by atoms with Crippen LogP contribution in [0.1, 0.15) is 25.5 Å². The van der Waals surface area contributed by atoms with Gasteiger partial charge in [-0.05, 0) is 38.6 Å². The average Bonchev–Trinajstić information content (AvgIpc) is 2.26. The van der Waals surface area contributed by atoms with E-state index in [1.54, 1.807) is 0 Å². The molecule has 82 valence electrons. The molecule has 1 rings (SSSR count). The molecule has 15 heavy (non-hydrogen) atoms. The van der Waals surface area contributed by atoms with Gasteiger partial charge in [-0.3, -0.25) is 0 Å². The molecule has 1 aromatic rings. The van der Waals surface area contributed by atoms with Crippen molar-refractivity contribution in [3.8, 4) is 0 Å². The predicted molar refractivity (Wildman–Crippen MR) is 69.5 cm³/mol. The van der Waals surface area contributed by atoms with Crippen LogP contribution in [-0.4, -0.2) is 12.8 Å². The third kappa shape index (κ3) is 4.10. The van der Waals surface area contributed by atoms with Gasteiger partial charge in [0.25, 0.3) is 0 Å². The Kier molecular flexibility index (Phi) is 4.92. The van der Waals surface area contributed by atoms with Crippen LogP contribution in [0.4, 0.5) is 0 Å². The van der Waals surface area contributed by atoms with E-state index in [1.165, 1.54) is 16.0 Å². The van der Waals surface area contributed by atoms with Gasteiger partial charge in [-0.25, -0.2) is 0 Å². The van der Waals surface area contributed by atoms with Crippen LogP contribution in [0.2, 0.25) is 0 Å². The second-order valence-corrected chi connectivity index (χ2v) is 4.87. The first kappa shape index (κ1) is 12.3. The summed E-state index contributed by atoms with van der Waals surface area (Å²) < 4.78 is 0. The Balaban J connectivity index is 2.60. The van der Waals surface area contributed by atoms with Crippen LogP contribution in [0.3, 0.4) is 0 Å². The molecular weight excluding hydrogens is 202 g/mol. The summed E-state index contributed by atoms with van der Waals surface area (Å²) in [6.07, 6.45) is 0. The molecule has 0 bridgehead atoms. The maximum absolute atomic E-state index is 3.90. The van der Waals surface area contributed by atoms with Crippen LogP contribution in [-0.2, 0) is 0 Å². The van der Waals surface area contributed by atoms with E-state index in [1.807, 2.05) is 18.8 Å². The Hall–Kier alpha value is -0.730. The summed E-state index contributed by atoms with van der Waals surface area (Å²) in [7, 11) is 1.98. The van der Waals surface area contributed by atoms with Crippen molar-refractivity contribution in [1.82, 2.24) is 5.32 Å². The third-order valence-corrected chi connectivity index (χ3v) is 3.54. The molecule has 0 aliphatic carbocycles. The normalized spacial score (nSPS) is 12.5. The van der Waals surface area contributed by atoms with Crippen molar-refractivity contribution >= 4 is 11.8 Å². The minimum absolute atomic E-state index is 0.421. The van der Waals surface area contributed by atoms with Crippen molar-refractivity contribution in [1.29, 1.82) is 0 Å². The summed E-state index contributed by atoms with van der Waals surface area (Å²) >= 11 is 1.84. The molecule has 1 N–H and O–H groups in total. The molecule has 0 spiro atoms. The predicted octanol–water partition coefficient (Wildman–Crippen LogP) is 3.64. The lowest BCUT2D eigenvalue weighted by atomic mass is 10.1. The third-order valence-electron chi connectivity index (χ3n) is 2.30. The van der Waals surface area contributed by atoms with Gasteiger partial charge in [-0.1, -0.05) is 24.3 Å². The SMILES string of the molecule is C=C(C)CSc1ccc(C(C)NC)cc1. The number of hydrogen-bond acceptors (Lipinski definition) is 2. The van der Waals surface area contributed by atoms with E-state index in [4.69, 9.17) is 0 Å². The summed E-state index contributed by atoms with van der Waals surface area (Å²) in [6.45, 7) is 8.12. The highest BCUT2D eigenvalue weighted by molar-refractivity contribution is 7.99. The maximum atomic E-state index is 3.90. The quantitative estimate of drug-likeness (QED) is 0.602. The highest BCUT2D eigenvalue weighted by Gasteiger charge is 2.01. The van der Waals surface area contributed by atoms with Gasteiger partial charge in [0.05, 0.1) is 0 Å². The first-order valence-electron chi connectivity index (χ1n) is 5.18. The molecule has 0 radical (unpaired) electrons. The molecule has 1 atom stereocenters. The first-order chi connectivity index (χ1) is 7.13. The summed E-state index contributed by atoms with van der Waals surface area (Å²) in [6, 6.07) is 9.14. The molecule has 0 aliphatic heterocycles. The van der Waals surface area contributed by atoms with E-state index in [0.29, 0.717) is 6.04 Å². The Labute approximate surface area is 97.0 Å². The van der Waals surface area contributed by atoms with Crippen LogP contribution in [0.15, 0.2) is 41.3 Å². The number of benzene rings is 1. The Morgan fingerprint density at radius 1 is 1.40 bits per heavy atom. The van der Waals surface area contributed by atoms with E-state index in [0.717, 1.165) is 5.75 Å². The van der Waals surface area contributed by atoms with Crippen molar-refractivity contribution in [3.63, 3.8) is 0 Å². The molecular formula is C13H19NS. The van der Waals surface area contributed by atoms with Crippen molar-refractivity contribution in [2.75, 3.05) is 12.8 Å². The molecule has 0 saturated heterocycles. The second kappa shape index (κ2) is 5.99. The standard InChI is InChI=1S/C13H19NS/c1-10(2)9-15-13-7-5-12(6-8-13)11(3)14-4/h5-8,11,14H,1,9H2,2-4H3. The zero-order valence-corrected chi connectivity index (χ0v) is 10.5. The molecule has 0 aromatic heterocycles. The van der Waals surface area contributed by atoms with E-state index in [2.05, 4.69) is 50.0 Å². The highest BCUT2D eigenvalue weighted by atomic mass is 32.2. The van der Waals surface area contributed by atoms with Gasteiger partial charge in [-0.2, -0.15) is 0 Å². The van der Waals surface area contributed by atoms with E-state index in [-0.39, 0.29) is 0 Å². The van der Waals surface area contributed by atoms with Crippen LogP contribution in [0.25, 0.3) is 0 Å². The summed E-state index contributed by atoms with van der Waals surface area (Å²) in [5.41, 5.74) is 2.55. The topological polar surface area (TPSA) is 12.0 Å². The largest absolute Gasteiger partial charge is 0.313 e. The minimum atomic E-state index is 0.421. The summed E-state index contributed by atoms with van der Waals surface area (Å²) in [4.78, 5) is 1.31. The fourth-order valence-corrected chi connectivity index (χ4v) is 1.97. The van der Waals surface area contributed by atoms with Crippen LogP contribution < -0.4 is 5.32 Å². The van der Waals surface area contributed by atoms with Crippen molar-refractivity contribution in [2.24, 2.45) is 0 Å². The molecule has 1 nitrogen and oxygen atoms in total. The maximum Gasteiger partial charge on any atom is 0.0289 e. The van der Waals surface area contributed by atoms with Gasteiger partial charge in [0.2, 0.25) is 0 Å². The number of nitrogens with one attached hydrogen (secondary N) is 1. The zero-order valence-electron chi connectivity index (χ0n) is 9.71. The van der Waals surface area contributed by atoms with Gasteiger partial charge in [0.15, 0.2) is 0 Å². The lowest BCUT2D eigenvalue weighted by Crippen LogP contribution is -2.11. The molecule has 0 heterocycles. The summed E-state index contributed by atoms with van der Waals surface area (Å²) in [5.74, 6) is 1.00. The highest BCUT2D eigenvalue weighted by Crippen LogP contribution is 2.22. The first-order valence-corrected chi connectivity index (χ1v) is 6.16. The minimum Gasteiger partial charge on any atom is -0.313 e. The van der Waals surface area contributed by atoms with Gasteiger partial charge >= 0.3 is 0 Å². The van der Waals surface area contributed by atoms with Gasteiger partial charge in [0.1, 0.15) is 0 Å². The lowest BCUT2D eigenvalue weighted by Gasteiger charge is -2.10. The molecule has 2 heteroatoms. The number of rotatable bonds is 5. The Morgan fingerprint density at radius 3 is 2.47 bits per heavy atom. The average molecular weight is 221 g/mol. The second-order valence-electron chi connectivity index (χ2n) is 3.83. The fourth-order valence-electron chi connectivity index (χ4n) is 1.23. The molecule has 1 unspecified atom stereocenters. The molecule has 0 saturated carbocycles. The molecule has 0 amide bonds. The fraction of sp³-hybridized carbons (Fsp3) is 0.385. The molecule has 1 aromatic carbocycles. The van der Waals surface area contributed by atoms with E-state index in [9.17, 15) is 0 Å². The van der Waals surface area contributed by atoms with Crippen molar-refractivity contribution in [3.05, 3.63) is 42.0 Å². The molecule has 0 fully saturated rings. The van der Waals surface area contributed by atoms with Crippen LogP contribution in [0, 0.1) is 0 Å². The summed E-state index contributed by atoms with van der Waals surface area (Å²) in [5, 5.41) is 3.23. The van der Waals surface area contributed by atoms with Gasteiger partial charge in [-0.15, -0.1) is 11.8 Å². The number of hydrogen-bond donors (Lipinski definition) is 1. The van der Waals surface area contributed by atoms with Gasteiger partial charge in [0, 0.05) is 16.7 Å². The smallest absolute Gasteiger partial charge is 0.0289 e. The van der Waals surface area contributed by atoms with Crippen molar-refractivity contribution in [2.45, 2.75) is 24.8 Å². The van der Waals surface area contributed by atoms with Gasteiger partial charge < -0.3 is 5.32 Å². The van der Waals surface area contributed by atoms with E-state index < -0.39 is 0 Å². The molecule has 0 aliphatic rings. The van der Waals surface area contributed by atoms with Crippen LogP contribution >= 0.6 is 11.8 Å². The van der Waals surface area contributed by atoms with E-state index >= 15 is 0 Å². The number of thioether (sulfide) groups is 1. The Bertz CT molecular complexity index is 316. The zero-order chi connectivity index (χ0) is 11.3. The lowest BCUT2D eigenvalue weighted by molar-refractivity contribution is 0.652. The van der Waals surface area contributed by atoms with Crippen molar-refractivity contribution < 1.29 is 0 Å². The monoisotopic (exact) mass is 221 g/mol. The Morgan fingerprint density at radius 2 is 2.00 bits per heavy atom.